The molecule has 1 aliphatic carbocycles. The fourth-order valence-electron chi connectivity index (χ4n) is 5.90. The lowest BCUT2D eigenvalue weighted by Gasteiger charge is -2.35. The highest BCUT2D eigenvalue weighted by Gasteiger charge is 2.35. The normalized spacial score (nSPS) is 14.1. The average molecular weight is 692 g/mol. The second-order valence-electron chi connectivity index (χ2n) is 11.9. The van der Waals surface area contributed by atoms with Crippen molar-refractivity contribution in [3.05, 3.63) is 125 Å². The second-order valence-corrected chi connectivity index (χ2v) is 14.2. The second kappa shape index (κ2) is 16.1. The molecule has 1 aliphatic rings. The molecule has 11 heteroatoms. The maximum absolute atomic E-state index is 14.6. The average Bonchev–Trinajstić information content (AvgIpc) is 3.10. The lowest BCUT2D eigenvalue weighted by atomic mass is 9.94. The van der Waals surface area contributed by atoms with Gasteiger partial charge in [-0.2, -0.15) is 0 Å². The number of ether oxygens (including phenoxy) is 1. The molecule has 0 bridgehead atoms. The van der Waals surface area contributed by atoms with Crippen molar-refractivity contribution >= 4 is 39.1 Å². The molecule has 8 nitrogen and oxygen atoms in total. The molecule has 0 saturated heterocycles. The van der Waals surface area contributed by atoms with Gasteiger partial charge >= 0.3 is 0 Å². The molecule has 4 aromatic carbocycles. The Balaban J connectivity index is 1.55. The van der Waals surface area contributed by atoms with Crippen LogP contribution < -0.4 is 14.4 Å². The Morgan fingerprint density at radius 2 is 1.52 bits per heavy atom. The Morgan fingerprint density at radius 1 is 0.875 bits per heavy atom. The zero-order valence-electron chi connectivity index (χ0n) is 26.7. The van der Waals surface area contributed by atoms with Crippen LogP contribution >= 0.6 is 11.6 Å². The third-order valence-corrected chi connectivity index (χ3v) is 10.6. The van der Waals surface area contributed by atoms with Crippen molar-refractivity contribution in [3.8, 4) is 5.75 Å². The first-order valence-corrected chi connectivity index (χ1v) is 17.8. The summed E-state index contributed by atoms with van der Waals surface area (Å²) in [6.45, 7) is -0.624. The monoisotopic (exact) mass is 691 g/mol. The van der Waals surface area contributed by atoms with E-state index in [0.29, 0.717) is 16.3 Å². The van der Waals surface area contributed by atoms with Gasteiger partial charge in [0.25, 0.3) is 10.0 Å². The van der Waals surface area contributed by atoms with Gasteiger partial charge in [0.05, 0.1) is 17.7 Å². The van der Waals surface area contributed by atoms with Gasteiger partial charge in [-0.25, -0.2) is 12.8 Å². The summed E-state index contributed by atoms with van der Waals surface area (Å²) in [4.78, 5) is 30.1. The van der Waals surface area contributed by atoms with E-state index >= 15 is 0 Å². The summed E-state index contributed by atoms with van der Waals surface area (Å²) in [5, 5.41) is 3.70. The van der Waals surface area contributed by atoms with Crippen LogP contribution in [0.4, 0.5) is 10.1 Å². The van der Waals surface area contributed by atoms with Crippen LogP contribution in [0.2, 0.25) is 5.02 Å². The van der Waals surface area contributed by atoms with Crippen molar-refractivity contribution in [2.45, 2.75) is 62.0 Å². The summed E-state index contributed by atoms with van der Waals surface area (Å²) in [6.07, 6.45) is 5.05. The quantitative estimate of drug-likeness (QED) is 0.167. The zero-order valence-corrected chi connectivity index (χ0v) is 28.3. The van der Waals surface area contributed by atoms with Gasteiger partial charge in [0, 0.05) is 24.0 Å². The van der Waals surface area contributed by atoms with Gasteiger partial charge in [-0.3, -0.25) is 13.9 Å². The maximum Gasteiger partial charge on any atom is 0.264 e. The van der Waals surface area contributed by atoms with Crippen molar-refractivity contribution in [2.24, 2.45) is 0 Å². The number of hydrogen-bond donors (Lipinski definition) is 1. The predicted molar refractivity (Wildman–Crippen MR) is 185 cm³/mol. The lowest BCUT2D eigenvalue weighted by Crippen LogP contribution is -2.55. The van der Waals surface area contributed by atoms with Crippen LogP contribution in [0.1, 0.15) is 43.2 Å². The number of sulfonamides is 1. The minimum Gasteiger partial charge on any atom is -0.497 e. The number of anilines is 1. The molecular weight excluding hydrogens is 653 g/mol. The van der Waals surface area contributed by atoms with E-state index in [0.717, 1.165) is 54.1 Å². The highest BCUT2D eigenvalue weighted by Crippen LogP contribution is 2.27. The molecule has 252 valence electrons. The van der Waals surface area contributed by atoms with Gasteiger partial charge in [-0.1, -0.05) is 73.3 Å². The van der Waals surface area contributed by atoms with Gasteiger partial charge < -0.3 is 15.0 Å². The third kappa shape index (κ3) is 8.93. The van der Waals surface area contributed by atoms with Crippen molar-refractivity contribution in [1.29, 1.82) is 0 Å². The predicted octanol–water partition coefficient (Wildman–Crippen LogP) is 6.77. The number of nitrogens with one attached hydrogen (secondary N) is 1. The topological polar surface area (TPSA) is 96.0 Å². The molecule has 0 spiro atoms. The standard InChI is InChI=1S/C37H39ClFN3O5S/c1-47-33-20-22-34(23-21-33)48(45,46)42(32-18-16-30(39)17-19-32)26-36(43)41(25-28-12-14-29(38)15-13-28)35(24-27-8-4-2-5-9-27)37(44)40-31-10-6-3-7-11-31/h2,4-5,8-9,12-23,31,35H,3,6-7,10-11,24-26H2,1H3,(H,40,44)/t35-/m0/s1. The first-order valence-electron chi connectivity index (χ1n) is 15.9. The molecule has 0 aliphatic heterocycles. The van der Waals surface area contributed by atoms with Crippen LogP contribution in [-0.2, 0) is 32.6 Å². The molecular formula is C37H39ClFN3O5S. The number of methoxy groups -OCH3 is 1. The van der Waals surface area contributed by atoms with Gasteiger partial charge in [0.1, 0.15) is 24.2 Å². The Hall–Kier alpha value is -4.41. The Morgan fingerprint density at radius 3 is 2.15 bits per heavy atom. The molecule has 0 aromatic heterocycles. The highest BCUT2D eigenvalue weighted by molar-refractivity contribution is 7.92. The molecule has 0 heterocycles. The van der Waals surface area contributed by atoms with E-state index in [2.05, 4.69) is 5.32 Å². The van der Waals surface area contributed by atoms with Crippen molar-refractivity contribution in [3.63, 3.8) is 0 Å². The van der Waals surface area contributed by atoms with Crippen molar-refractivity contribution in [2.75, 3.05) is 18.0 Å². The SMILES string of the molecule is COc1ccc(S(=O)(=O)N(CC(=O)N(Cc2ccc(Cl)cc2)[C@@H](Cc2ccccc2)C(=O)NC2CCCCC2)c2ccc(F)cc2)cc1. The fraction of sp³-hybridized carbons (Fsp3) is 0.297. The molecule has 5 rings (SSSR count). The highest BCUT2D eigenvalue weighted by atomic mass is 35.5. The Bertz CT molecular complexity index is 1770. The summed E-state index contributed by atoms with van der Waals surface area (Å²) in [5.74, 6) is -1.01. The number of carbonyl (C=O) groups is 2. The van der Waals surface area contributed by atoms with Gasteiger partial charge in [-0.05, 0) is 84.6 Å². The first kappa shape index (κ1) is 34.9. The fourth-order valence-corrected chi connectivity index (χ4v) is 7.44. The summed E-state index contributed by atoms with van der Waals surface area (Å²) in [5.41, 5.74) is 1.65. The summed E-state index contributed by atoms with van der Waals surface area (Å²) < 4.78 is 48.5. The summed E-state index contributed by atoms with van der Waals surface area (Å²) in [7, 11) is -2.87. The first-order chi connectivity index (χ1) is 23.1. The smallest absolute Gasteiger partial charge is 0.264 e. The van der Waals surface area contributed by atoms with Gasteiger partial charge in [-0.15, -0.1) is 0 Å². The van der Waals surface area contributed by atoms with E-state index in [1.54, 1.807) is 24.3 Å². The minimum atomic E-state index is -4.34. The number of benzene rings is 4. The van der Waals surface area contributed by atoms with E-state index in [1.165, 1.54) is 48.4 Å². The number of amides is 2. The van der Waals surface area contributed by atoms with Gasteiger partial charge in [0.2, 0.25) is 11.8 Å². The molecule has 1 saturated carbocycles. The molecule has 48 heavy (non-hydrogen) atoms. The van der Waals surface area contributed by atoms with E-state index in [1.807, 2.05) is 30.3 Å². The van der Waals surface area contributed by atoms with Crippen molar-refractivity contribution in [1.82, 2.24) is 10.2 Å². The molecule has 1 atom stereocenters. The molecule has 1 N–H and O–H groups in total. The van der Waals surface area contributed by atoms with E-state index in [4.69, 9.17) is 16.3 Å². The van der Waals surface area contributed by atoms with Crippen LogP contribution in [0.15, 0.2) is 108 Å². The Labute approximate surface area is 286 Å². The molecule has 1 fully saturated rings. The molecule has 4 aromatic rings. The number of rotatable bonds is 13. The molecule has 2 amide bonds. The third-order valence-electron chi connectivity index (χ3n) is 8.53. The van der Waals surface area contributed by atoms with Crippen LogP contribution in [-0.4, -0.2) is 50.9 Å². The van der Waals surface area contributed by atoms with Crippen LogP contribution in [0.5, 0.6) is 5.75 Å². The van der Waals surface area contributed by atoms with E-state index in [9.17, 15) is 22.4 Å². The zero-order chi connectivity index (χ0) is 34.1. The summed E-state index contributed by atoms with van der Waals surface area (Å²) in [6, 6.07) is 26.1. The van der Waals surface area contributed by atoms with Crippen LogP contribution in [0, 0.1) is 5.82 Å². The van der Waals surface area contributed by atoms with Gasteiger partial charge in [0.15, 0.2) is 0 Å². The van der Waals surface area contributed by atoms with E-state index < -0.39 is 34.3 Å². The Kier molecular flexibility index (Phi) is 11.7. The number of hydrogen-bond acceptors (Lipinski definition) is 5. The number of nitrogens with zero attached hydrogens (tertiary/aromatic N) is 2. The number of halogens is 2. The van der Waals surface area contributed by atoms with Crippen LogP contribution in [0.3, 0.4) is 0 Å². The summed E-state index contributed by atoms with van der Waals surface area (Å²) >= 11 is 6.16. The lowest BCUT2D eigenvalue weighted by molar-refractivity contribution is -0.140. The van der Waals surface area contributed by atoms with Crippen LogP contribution in [0.25, 0.3) is 0 Å². The maximum atomic E-state index is 14.6. The minimum absolute atomic E-state index is 0.0110. The van der Waals surface area contributed by atoms with E-state index in [-0.39, 0.29) is 35.5 Å². The molecule has 0 radical (unpaired) electrons. The molecule has 0 unspecified atom stereocenters. The van der Waals surface area contributed by atoms with Crippen molar-refractivity contribution < 1.29 is 27.1 Å². The number of carbonyl (C=O) groups excluding carboxylic acids is 2. The largest absolute Gasteiger partial charge is 0.497 e.